The third-order valence-corrected chi connectivity index (χ3v) is 21.4. The minimum absolute atomic E-state index is 0.00829. The number of hydrogen-bond acceptors (Lipinski definition) is 19. The monoisotopic (exact) mass is 1440 g/mol. The number of nitrogens with zero attached hydrogens (tertiary/aromatic N) is 4. The summed E-state index contributed by atoms with van der Waals surface area (Å²) in [5.41, 5.74) is 17.0. The molecule has 13 rings (SSSR count). The van der Waals surface area contributed by atoms with Gasteiger partial charge in [0.15, 0.2) is 40.8 Å². The van der Waals surface area contributed by atoms with E-state index in [-0.39, 0.29) is 116 Å². The van der Waals surface area contributed by atoms with Gasteiger partial charge in [-0.05, 0) is 134 Å². The molecular formula is C82H92N8O16. The molecule has 5 N–H and O–H groups in total. The molecule has 5 amide bonds. The van der Waals surface area contributed by atoms with E-state index < -0.39 is 60.0 Å². The van der Waals surface area contributed by atoms with Crippen LogP contribution in [0.5, 0.6) is 28.7 Å². The van der Waals surface area contributed by atoms with Gasteiger partial charge < -0.3 is 64.1 Å². The molecule has 6 atom stereocenters. The van der Waals surface area contributed by atoms with Crippen molar-refractivity contribution in [3.05, 3.63) is 183 Å². The van der Waals surface area contributed by atoms with Gasteiger partial charge in [0.1, 0.15) is 18.5 Å². The van der Waals surface area contributed by atoms with Crippen LogP contribution in [0.15, 0.2) is 128 Å². The fourth-order valence-corrected chi connectivity index (χ4v) is 15.2. The number of amides is 5. The van der Waals surface area contributed by atoms with Crippen molar-refractivity contribution < 1.29 is 76.6 Å². The number of carbonyl (C=O) groups excluding carboxylic acids is 8. The molecule has 2 aliphatic carbocycles. The van der Waals surface area contributed by atoms with Crippen LogP contribution in [0.2, 0.25) is 0 Å². The van der Waals surface area contributed by atoms with Crippen LogP contribution in [0.3, 0.4) is 0 Å². The topological polar surface area (TPSA) is 282 Å². The number of methoxy groups -OCH3 is 3. The van der Waals surface area contributed by atoms with E-state index in [9.17, 15) is 43.5 Å². The van der Waals surface area contributed by atoms with E-state index in [0.29, 0.717) is 60.4 Å². The predicted octanol–water partition coefficient (Wildman–Crippen LogP) is 10.4. The molecule has 24 heteroatoms. The number of fused-ring (bicyclic) bond motifs is 8. The summed E-state index contributed by atoms with van der Waals surface area (Å²) in [7, 11) is 4.62. The van der Waals surface area contributed by atoms with Gasteiger partial charge in [-0.1, -0.05) is 98.8 Å². The van der Waals surface area contributed by atoms with Crippen molar-refractivity contribution >= 4 is 69.9 Å². The highest BCUT2D eigenvalue weighted by Gasteiger charge is 2.58. The molecule has 2 fully saturated rings. The summed E-state index contributed by atoms with van der Waals surface area (Å²) >= 11 is 0. The number of benzene rings is 6. The van der Waals surface area contributed by atoms with Crippen LogP contribution in [0, 0.1) is 17.3 Å². The van der Waals surface area contributed by atoms with Crippen LogP contribution in [-0.2, 0) is 59.3 Å². The molecule has 6 aromatic rings. The number of rotatable bonds is 27. The Morgan fingerprint density at radius 1 is 0.717 bits per heavy atom. The number of aliphatic hydroxyl groups is 1. The number of aliphatic hydroxyl groups excluding tert-OH is 1. The third kappa shape index (κ3) is 15.7. The zero-order valence-corrected chi connectivity index (χ0v) is 61.1. The number of ether oxygens (including phenoxy) is 7. The predicted molar refractivity (Wildman–Crippen MR) is 394 cm³/mol. The van der Waals surface area contributed by atoms with E-state index in [4.69, 9.17) is 33.2 Å². The van der Waals surface area contributed by atoms with Crippen molar-refractivity contribution in [3.63, 3.8) is 0 Å². The maximum absolute atomic E-state index is 14.5. The van der Waals surface area contributed by atoms with Gasteiger partial charge in [-0.15, -0.1) is 5.53 Å². The number of carbonyl (C=O) groups is 8. The maximum atomic E-state index is 14.5. The molecule has 1 unspecified atom stereocenters. The van der Waals surface area contributed by atoms with Crippen LogP contribution in [0.4, 0.5) is 10.5 Å². The third-order valence-electron chi connectivity index (χ3n) is 21.4. The lowest BCUT2D eigenvalue weighted by Gasteiger charge is -2.31. The SMILES string of the molecule is COc1ccc(C2=CN3C(=O)c4cc(OC)c(OCCCOc5cc6c(cc5OC)C(=O)N5CC7(CC7)C[C@H]5[C@H](O)N6C(=O)OCc5ccc(CC(=O)[C@H](C)NC(=O)[C@@H](CC(=O)CNC(=O)CCC(=O)OC6Cc7ccccc7C7=C(NNN7C(C)C)c7ccccc76)C(C)C)cc5)cc4CC[C@@H]3C2)cc1. The first kappa shape index (κ1) is 73.6. The van der Waals surface area contributed by atoms with Gasteiger partial charge in [-0.3, -0.25) is 38.6 Å². The average Bonchev–Trinajstić information content (AvgIpc) is 1.56. The molecule has 106 heavy (non-hydrogen) atoms. The Hall–Kier alpha value is -10.7. The second-order valence-corrected chi connectivity index (χ2v) is 29.2. The Balaban J connectivity index is 0.581. The smallest absolute Gasteiger partial charge is 0.416 e. The van der Waals surface area contributed by atoms with Crippen molar-refractivity contribution in [1.82, 2.24) is 36.4 Å². The van der Waals surface area contributed by atoms with Crippen molar-refractivity contribution in [2.24, 2.45) is 17.3 Å². The second-order valence-electron chi connectivity index (χ2n) is 29.2. The number of nitrogens with one attached hydrogen (secondary N) is 4. The Bertz CT molecular complexity index is 4450. The number of ketones is 2. The Morgan fingerprint density at radius 3 is 2.10 bits per heavy atom. The average molecular weight is 1450 g/mol. The van der Waals surface area contributed by atoms with Gasteiger partial charge in [0.05, 0.1) is 82.2 Å². The number of esters is 1. The quantitative estimate of drug-likeness (QED) is 0.0237. The number of aryl methyl sites for hydroxylation is 1. The Labute approximate surface area is 616 Å². The molecule has 7 aliphatic rings. The molecule has 1 spiro atoms. The Morgan fingerprint density at radius 2 is 1.41 bits per heavy atom. The van der Waals surface area contributed by atoms with Gasteiger partial charge in [0, 0.05) is 91.2 Å². The minimum Gasteiger partial charge on any atom is -0.497 e. The molecule has 556 valence electrons. The molecule has 5 aliphatic heterocycles. The fraction of sp³-hybridized carbons (Fsp3) is 0.415. The molecule has 0 aromatic heterocycles. The van der Waals surface area contributed by atoms with Crippen LogP contribution >= 0.6 is 0 Å². The number of hydrazine groups is 2. The molecule has 0 bridgehead atoms. The van der Waals surface area contributed by atoms with E-state index in [1.54, 1.807) is 63.1 Å². The first-order valence-electron chi connectivity index (χ1n) is 36.5. The first-order chi connectivity index (χ1) is 51.1. The zero-order chi connectivity index (χ0) is 74.7. The zero-order valence-electron chi connectivity index (χ0n) is 61.1. The summed E-state index contributed by atoms with van der Waals surface area (Å²) in [6.07, 6.45) is 3.47. The molecule has 5 heterocycles. The summed E-state index contributed by atoms with van der Waals surface area (Å²) in [6, 6.07) is 35.6. The highest BCUT2D eigenvalue weighted by Crippen LogP contribution is 2.57. The summed E-state index contributed by atoms with van der Waals surface area (Å²) in [4.78, 5) is 115. The highest BCUT2D eigenvalue weighted by molar-refractivity contribution is 6.06. The van der Waals surface area contributed by atoms with Gasteiger partial charge >= 0.3 is 12.1 Å². The lowest BCUT2D eigenvalue weighted by molar-refractivity contribution is -0.150. The van der Waals surface area contributed by atoms with Crippen molar-refractivity contribution in [1.29, 1.82) is 0 Å². The number of hydrogen-bond donors (Lipinski definition) is 5. The largest absolute Gasteiger partial charge is 0.497 e. The molecule has 6 aromatic carbocycles. The molecule has 0 radical (unpaired) electrons. The maximum Gasteiger partial charge on any atom is 0.416 e. The molecule has 24 nitrogen and oxygen atoms in total. The van der Waals surface area contributed by atoms with Gasteiger partial charge in [-0.25, -0.2) is 9.69 Å². The number of Topliss-reactive ketones (excluding diaryl/α,β-unsaturated/α-hetero) is 2. The Kier molecular flexibility index (Phi) is 21.9. The van der Waals surface area contributed by atoms with E-state index in [0.717, 1.165) is 86.7 Å². The van der Waals surface area contributed by atoms with Crippen LogP contribution < -0.4 is 50.2 Å². The lowest BCUT2D eigenvalue weighted by Crippen LogP contribution is -2.50. The fourth-order valence-electron chi connectivity index (χ4n) is 15.2. The summed E-state index contributed by atoms with van der Waals surface area (Å²) in [5.74, 6) is -1.72. The normalized spacial score (nSPS) is 19.3. The van der Waals surface area contributed by atoms with Gasteiger partial charge in [-0.2, -0.15) is 0 Å². The lowest BCUT2D eigenvalue weighted by atomic mass is 9.87. The molecule has 1 saturated heterocycles. The highest BCUT2D eigenvalue weighted by atomic mass is 16.6. The van der Waals surface area contributed by atoms with Crippen molar-refractivity contribution in [3.8, 4) is 28.7 Å². The second kappa shape index (κ2) is 31.5. The van der Waals surface area contributed by atoms with E-state index in [1.165, 1.54) is 26.4 Å². The number of anilines is 1. The van der Waals surface area contributed by atoms with Gasteiger partial charge in [0.25, 0.3) is 11.8 Å². The minimum atomic E-state index is -1.48. The van der Waals surface area contributed by atoms with Gasteiger partial charge in [0.2, 0.25) is 11.8 Å². The van der Waals surface area contributed by atoms with Crippen molar-refractivity contribution in [2.75, 3.05) is 52.5 Å². The van der Waals surface area contributed by atoms with E-state index in [2.05, 4.69) is 46.5 Å². The first-order valence-corrected chi connectivity index (χ1v) is 36.5. The van der Waals surface area contributed by atoms with Crippen LogP contribution in [0.25, 0.3) is 17.0 Å². The van der Waals surface area contributed by atoms with Crippen LogP contribution in [-0.4, -0.2) is 145 Å². The summed E-state index contributed by atoms with van der Waals surface area (Å²) in [6.45, 7) is 9.52. The summed E-state index contributed by atoms with van der Waals surface area (Å²) < 4.78 is 41.6. The van der Waals surface area contributed by atoms with E-state index in [1.807, 2.05) is 83.9 Å². The van der Waals surface area contributed by atoms with E-state index >= 15 is 0 Å². The molecule has 1 saturated carbocycles. The van der Waals surface area contributed by atoms with Crippen molar-refractivity contribution in [2.45, 2.75) is 155 Å². The summed E-state index contributed by atoms with van der Waals surface area (Å²) in [5, 5.41) is 19.7. The van der Waals surface area contributed by atoms with Crippen LogP contribution in [0.1, 0.15) is 164 Å². The standard InChI is InChI=1S/C82H92N8O16/c1-47(2)62(38-57(91)43-83-73(93)28-29-74(94)106-68-36-53-14-9-10-15-59(53)76-75(85-86-90(76)48(3)4)61-17-12-11-16-60(61)68)77(95)84-49(5)67(92)34-50-18-20-51(21-19-50)45-105-81(99)89-65-41-72(70(102-8)40-64(65)79(97)88-46-82(30-31-82)42-66(88)80(89)98)104-33-13-32-103-71-37-54-22-25-56-35-55(52-23-26-58(100-6)27-24-52)44-87(56)78(96)63(54)39-69(71)101-7/h9-12,14-21,23-24,26-27,37,39-41,44,47-49,56,62,66,68,80,85-86,98H,13,22,25,28-36,38,42-43,45-46H2,1-8H3,(H,83,93)(H,84,95)/t49-,56+,62-,66-,68?,80-/m0/s1. The molecular weight excluding hydrogens is 1350 g/mol.